The zero-order valence-electron chi connectivity index (χ0n) is 10.4. The number of hydrogen-bond acceptors (Lipinski definition) is 4. The first-order valence-electron chi connectivity index (χ1n) is 6.10. The summed E-state index contributed by atoms with van der Waals surface area (Å²) < 4.78 is 26.6. The number of benzene rings is 1. The summed E-state index contributed by atoms with van der Waals surface area (Å²) >= 11 is 0. The van der Waals surface area contributed by atoms with Crippen LogP contribution in [0.2, 0.25) is 0 Å². The molecule has 1 aromatic rings. The molecule has 1 aromatic carbocycles. The molecule has 1 fully saturated rings. The van der Waals surface area contributed by atoms with E-state index in [1.54, 1.807) is 0 Å². The van der Waals surface area contributed by atoms with Crippen molar-refractivity contribution in [2.75, 3.05) is 5.32 Å². The van der Waals surface area contributed by atoms with Gasteiger partial charge >= 0.3 is 0 Å². The summed E-state index contributed by atoms with van der Waals surface area (Å²) in [5.41, 5.74) is 4.30. The molecule has 8 heteroatoms. The second-order valence-corrected chi connectivity index (χ2v) is 4.73. The quantitative estimate of drug-likeness (QED) is 0.655. The van der Waals surface area contributed by atoms with E-state index in [0.717, 1.165) is 6.42 Å². The number of carbonyl (C=O) groups is 1. The second-order valence-electron chi connectivity index (χ2n) is 4.73. The Balaban J connectivity index is 2.29. The van der Waals surface area contributed by atoms with Crippen molar-refractivity contribution in [3.05, 3.63) is 33.9 Å². The van der Waals surface area contributed by atoms with E-state index in [0.29, 0.717) is 25.0 Å². The molecule has 0 aliphatic heterocycles. The number of halogens is 2. The number of hydrogen-bond donors (Lipinski definition) is 2. The Morgan fingerprint density at radius 3 is 2.65 bits per heavy atom. The Labute approximate surface area is 113 Å². The van der Waals surface area contributed by atoms with Crippen LogP contribution < -0.4 is 11.1 Å². The summed E-state index contributed by atoms with van der Waals surface area (Å²) in [6.45, 7) is 0. The van der Waals surface area contributed by atoms with Crippen LogP contribution in [0.5, 0.6) is 0 Å². The number of rotatable bonds is 3. The number of carbonyl (C=O) groups excluding carboxylic acids is 1. The third-order valence-corrected chi connectivity index (χ3v) is 3.39. The van der Waals surface area contributed by atoms with Crippen LogP contribution >= 0.6 is 0 Å². The van der Waals surface area contributed by atoms with Crippen molar-refractivity contribution in [3.8, 4) is 0 Å². The van der Waals surface area contributed by atoms with Crippen molar-refractivity contribution in [1.82, 2.24) is 0 Å². The van der Waals surface area contributed by atoms with E-state index in [1.165, 1.54) is 0 Å². The normalized spacial score (nSPS) is 21.8. The van der Waals surface area contributed by atoms with Gasteiger partial charge in [0.1, 0.15) is 5.82 Å². The number of nitrogens with zero attached hydrogens (tertiary/aromatic N) is 1. The molecule has 108 valence electrons. The van der Waals surface area contributed by atoms with Crippen LogP contribution in [0.1, 0.15) is 19.3 Å². The fourth-order valence-corrected chi connectivity index (χ4v) is 2.36. The summed E-state index contributed by atoms with van der Waals surface area (Å²) in [5.74, 6) is -3.36. The van der Waals surface area contributed by atoms with Crippen LogP contribution in [0.15, 0.2) is 12.1 Å². The molecule has 0 heterocycles. The van der Waals surface area contributed by atoms with Crippen LogP contribution in [0, 0.1) is 27.7 Å². The van der Waals surface area contributed by atoms with Crippen molar-refractivity contribution in [3.63, 3.8) is 0 Å². The minimum Gasteiger partial charge on any atom is -0.327 e. The predicted octanol–water partition coefficient (Wildman–Crippen LogP) is 1.94. The summed E-state index contributed by atoms with van der Waals surface area (Å²) in [7, 11) is 0. The molecule has 20 heavy (non-hydrogen) atoms. The van der Waals surface area contributed by atoms with Crippen LogP contribution in [-0.4, -0.2) is 16.9 Å². The predicted molar refractivity (Wildman–Crippen MR) is 67.0 cm³/mol. The Hall–Kier alpha value is -2.09. The smallest absolute Gasteiger partial charge is 0.298 e. The molecular weight excluding hydrogens is 272 g/mol. The van der Waals surface area contributed by atoms with Crippen molar-refractivity contribution in [2.24, 2.45) is 11.7 Å². The van der Waals surface area contributed by atoms with Crippen LogP contribution in [-0.2, 0) is 4.79 Å². The lowest BCUT2D eigenvalue weighted by molar-refractivity contribution is -0.384. The monoisotopic (exact) mass is 285 g/mol. The summed E-state index contributed by atoms with van der Waals surface area (Å²) in [6.07, 6.45) is 1.99. The Kier molecular flexibility index (Phi) is 3.93. The maximum absolute atomic E-state index is 13.6. The van der Waals surface area contributed by atoms with E-state index in [2.05, 4.69) is 5.32 Å². The Morgan fingerprint density at radius 2 is 2.10 bits per heavy atom. The zero-order chi connectivity index (χ0) is 14.9. The van der Waals surface area contributed by atoms with Crippen LogP contribution in [0.3, 0.4) is 0 Å². The van der Waals surface area contributed by atoms with Crippen molar-refractivity contribution >= 4 is 17.3 Å². The van der Waals surface area contributed by atoms with Crippen molar-refractivity contribution < 1.29 is 18.5 Å². The number of nitrogens with one attached hydrogen (secondary N) is 1. The van der Waals surface area contributed by atoms with Gasteiger partial charge in [-0.1, -0.05) is 6.42 Å². The first-order valence-corrected chi connectivity index (χ1v) is 6.10. The van der Waals surface area contributed by atoms with Gasteiger partial charge in [0.2, 0.25) is 5.91 Å². The maximum Gasteiger partial charge on any atom is 0.298 e. The molecule has 2 atom stereocenters. The molecular formula is C12H13F2N3O3. The molecule has 6 nitrogen and oxygen atoms in total. The van der Waals surface area contributed by atoms with Crippen LogP contribution in [0.4, 0.5) is 20.2 Å². The number of nitrogens with two attached hydrogens (primary N) is 1. The van der Waals surface area contributed by atoms with E-state index in [4.69, 9.17) is 5.73 Å². The maximum atomic E-state index is 13.6. The van der Waals surface area contributed by atoms with Crippen LogP contribution in [0.25, 0.3) is 0 Å². The highest BCUT2D eigenvalue weighted by molar-refractivity contribution is 5.95. The molecule has 1 saturated carbocycles. The molecule has 1 aliphatic rings. The van der Waals surface area contributed by atoms with Gasteiger partial charge in [0.05, 0.1) is 16.9 Å². The van der Waals surface area contributed by atoms with Gasteiger partial charge in [-0.2, -0.15) is 0 Å². The van der Waals surface area contributed by atoms with Crippen molar-refractivity contribution in [1.29, 1.82) is 0 Å². The van der Waals surface area contributed by atoms with Gasteiger partial charge in [-0.05, 0) is 12.8 Å². The first-order chi connectivity index (χ1) is 9.40. The minimum atomic E-state index is -1.18. The summed E-state index contributed by atoms with van der Waals surface area (Å²) in [6, 6.07) is 0.697. The molecule has 2 rings (SSSR count). The summed E-state index contributed by atoms with van der Waals surface area (Å²) in [5, 5.41) is 12.9. The van der Waals surface area contributed by atoms with E-state index in [1.807, 2.05) is 0 Å². The van der Waals surface area contributed by atoms with Gasteiger partial charge in [-0.25, -0.2) is 8.78 Å². The molecule has 0 saturated heterocycles. The SMILES string of the molecule is NC1CCCC1C(=O)Nc1c(F)cc(F)cc1[N+](=O)[O-]. The first kappa shape index (κ1) is 14.3. The van der Waals surface area contributed by atoms with Gasteiger partial charge < -0.3 is 11.1 Å². The highest BCUT2D eigenvalue weighted by atomic mass is 19.1. The lowest BCUT2D eigenvalue weighted by Gasteiger charge is -2.15. The topological polar surface area (TPSA) is 98.3 Å². The molecule has 0 bridgehead atoms. The van der Waals surface area contributed by atoms with Gasteiger partial charge in [0.25, 0.3) is 5.69 Å². The fraction of sp³-hybridized carbons (Fsp3) is 0.417. The average Bonchev–Trinajstić information content (AvgIpc) is 2.78. The Morgan fingerprint density at radius 1 is 1.40 bits per heavy atom. The number of nitro groups is 1. The van der Waals surface area contributed by atoms with Crippen molar-refractivity contribution in [2.45, 2.75) is 25.3 Å². The lowest BCUT2D eigenvalue weighted by Crippen LogP contribution is -2.34. The molecule has 0 spiro atoms. The largest absolute Gasteiger partial charge is 0.327 e. The number of amides is 1. The average molecular weight is 285 g/mol. The van der Waals surface area contributed by atoms with Gasteiger partial charge in [-0.3, -0.25) is 14.9 Å². The van der Waals surface area contributed by atoms with E-state index in [9.17, 15) is 23.7 Å². The third kappa shape index (κ3) is 2.74. The van der Waals surface area contributed by atoms with E-state index < -0.39 is 39.8 Å². The van der Waals surface area contributed by atoms with Gasteiger partial charge in [0.15, 0.2) is 11.5 Å². The molecule has 0 aromatic heterocycles. The number of nitro benzene ring substituents is 1. The van der Waals surface area contributed by atoms with E-state index in [-0.39, 0.29) is 6.04 Å². The molecule has 0 radical (unpaired) electrons. The van der Waals surface area contributed by atoms with Gasteiger partial charge in [-0.15, -0.1) is 0 Å². The second kappa shape index (κ2) is 5.49. The third-order valence-electron chi connectivity index (χ3n) is 3.39. The minimum absolute atomic E-state index is 0.349. The van der Waals surface area contributed by atoms with E-state index >= 15 is 0 Å². The van der Waals surface area contributed by atoms with Gasteiger partial charge in [0, 0.05) is 12.1 Å². The molecule has 1 aliphatic carbocycles. The molecule has 3 N–H and O–H groups in total. The molecule has 1 amide bonds. The zero-order valence-corrected chi connectivity index (χ0v) is 10.4. The fourth-order valence-electron chi connectivity index (χ4n) is 2.36. The highest BCUT2D eigenvalue weighted by Gasteiger charge is 2.32. The summed E-state index contributed by atoms with van der Waals surface area (Å²) in [4.78, 5) is 21.8. The highest BCUT2D eigenvalue weighted by Crippen LogP contribution is 2.31. The lowest BCUT2D eigenvalue weighted by atomic mass is 10.0. The molecule has 2 unspecified atom stereocenters. The Bertz CT molecular complexity index is 565. The standard InChI is InChI=1S/C12H13F2N3O3/c13-6-4-8(14)11(10(5-6)17(19)20)16-12(18)7-2-1-3-9(7)15/h4-5,7,9H,1-3,15H2,(H,16,18). The number of anilines is 1.